The number of methoxy groups -OCH3 is 1. The molecule has 2 heterocycles. The van der Waals surface area contributed by atoms with E-state index in [0.717, 1.165) is 17.7 Å². The smallest absolute Gasteiger partial charge is 0.254 e. The summed E-state index contributed by atoms with van der Waals surface area (Å²) in [5.74, 6) is 1.56. The molecule has 0 N–H and O–H groups in total. The van der Waals surface area contributed by atoms with Crippen LogP contribution in [0.2, 0.25) is 0 Å². The van der Waals surface area contributed by atoms with Crippen molar-refractivity contribution in [2.45, 2.75) is 58.5 Å². The monoisotopic (exact) mass is 534 g/mol. The number of fused-ring (bicyclic) bond motifs is 1. The van der Waals surface area contributed by atoms with Crippen LogP contribution in [0.3, 0.4) is 0 Å². The Morgan fingerprint density at radius 2 is 1.82 bits per heavy atom. The largest absolute Gasteiger partial charge is 0.497 e. The van der Waals surface area contributed by atoms with Crippen LogP contribution >= 0.6 is 11.3 Å². The van der Waals surface area contributed by atoms with Crippen LogP contribution in [0.4, 0.5) is 0 Å². The van der Waals surface area contributed by atoms with Gasteiger partial charge in [-0.25, -0.2) is 0 Å². The SMILES string of the molecule is COc1cccc(C(=O)N(CC(=O)N2CCc3sccc3[C@@H]2COc2ccc(C(C)C)cc2)C(C)(C)C)c1. The lowest BCUT2D eigenvalue weighted by Gasteiger charge is -2.40. The van der Waals surface area contributed by atoms with Crippen LogP contribution in [0.15, 0.2) is 60.0 Å². The Balaban J connectivity index is 1.54. The zero-order chi connectivity index (χ0) is 27.4. The Morgan fingerprint density at radius 1 is 1.08 bits per heavy atom. The Bertz CT molecular complexity index is 1260. The summed E-state index contributed by atoms with van der Waals surface area (Å²) in [6.45, 7) is 11.1. The molecular formula is C31H38N2O4S. The second-order valence-corrected chi connectivity index (χ2v) is 12.0. The molecule has 2 aromatic carbocycles. The van der Waals surface area contributed by atoms with Gasteiger partial charge in [0.05, 0.1) is 13.2 Å². The van der Waals surface area contributed by atoms with E-state index in [2.05, 4.69) is 37.4 Å². The average Bonchev–Trinajstić information content (AvgIpc) is 3.38. The van der Waals surface area contributed by atoms with Crippen molar-refractivity contribution in [2.24, 2.45) is 0 Å². The van der Waals surface area contributed by atoms with E-state index >= 15 is 0 Å². The number of carbonyl (C=O) groups excluding carboxylic acids is 2. The molecular weight excluding hydrogens is 496 g/mol. The second kappa shape index (κ2) is 11.6. The molecule has 0 radical (unpaired) electrons. The maximum atomic E-state index is 13.8. The Morgan fingerprint density at radius 3 is 2.47 bits per heavy atom. The first-order chi connectivity index (χ1) is 18.1. The number of rotatable bonds is 8. The van der Waals surface area contributed by atoms with Crippen molar-refractivity contribution in [2.75, 3.05) is 26.8 Å². The third-order valence-electron chi connectivity index (χ3n) is 7.03. The van der Waals surface area contributed by atoms with Gasteiger partial charge in [-0.1, -0.05) is 32.0 Å². The Hall–Kier alpha value is -3.32. The van der Waals surface area contributed by atoms with Crippen molar-refractivity contribution in [3.05, 3.63) is 81.5 Å². The lowest BCUT2D eigenvalue weighted by Crippen LogP contribution is -2.53. The first-order valence-corrected chi connectivity index (χ1v) is 14.0. The minimum absolute atomic E-state index is 0.0153. The van der Waals surface area contributed by atoms with Gasteiger partial charge in [-0.05, 0) is 86.0 Å². The van der Waals surface area contributed by atoms with Crippen molar-refractivity contribution >= 4 is 23.2 Å². The third kappa shape index (κ3) is 6.21. The summed E-state index contributed by atoms with van der Waals surface area (Å²) in [6, 6.07) is 17.1. The van der Waals surface area contributed by atoms with Gasteiger partial charge >= 0.3 is 0 Å². The van der Waals surface area contributed by atoms with Gasteiger partial charge in [-0.3, -0.25) is 9.59 Å². The molecule has 1 aliphatic heterocycles. The van der Waals surface area contributed by atoms with Crippen molar-refractivity contribution < 1.29 is 19.1 Å². The molecule has 6 nitrogen and oxygen atoms in total. The molecule has 1 atom stereocenters. The molecule has 0 aliphatic carbocycles. The summed E-state index contributed by atoms with van der Waals surface area (Å²) in [7, 11) is 1.57. The summed E-state index contributed by atoms with van der Waals surface area (Å²) >= 11 is 1.72. The number of amides is 2. The molecule has 0 bridgehead atoms. The molecule has 0 spiro atoms. The highest BCUT2D eigenvalue weighted by Crippen LogP contribution is 2.34. The van der Waals surface area contributed by atoms with Crippen molar-refractivity contribution in [1.29, 1.82) is 0 Å². The molecule has 2 amide bonds. The zero-order valence-corrected chi connectivity index (χ0v) is 24.0. The molecule has 1 aliphatic rings. The van der Waals surface area contributed by atoms with E-state index in [0.29, 0.717) is 30.4 Å². The minimum atomic E-state index is -0.552. The quantitative estimate of drug-likeness (QED) is 0.339. The second-order valence-electron chi connectivity index (χ2n) is 11.0. The summed E-state index contributed by atoms with van der Waals surface area (Å²) in [5, 5.41) is 2.08. The standard InChI is InChI=1S/C31H38N2O4S/c1-21(2)22-10-12-24(13-11-22)37-20-27-26-15-17-38-28(26)14-16-32(27)29(34)19-33(31(3,4)5)30(35)23-8-7-9-25(18-23)36-6/h7-13,15,17-18,21,27H,14,16,19-20H2,1-6H3/t27-/m0/s1. The number of benzene rings is 2. The Labute approximate surface area is 230 Å². The number of thiophene rings is 1. The summed E-state index contributed by atoms with van der Waals surface area (Å²) in [5.41, 5.74) is 2.34. The summed E-state index contributed by atoms with van der Waals surface area (Å²) in [6.07, 6.45) is 0.803. The first kappa shape index (κ1) is 27.7. The fourth-order valence-corrected chi connectivity index (χ4v) is 5.68. The number of carbonyl (C=O) groups is 2. The summed E-state index contributed by atoms with van der Waals surface area (Å²) < 4.78 is 11.5. The van der Waals surface area contributed by atoms with E-state index in [-0.39, 0.29) is 24.4 Å². The number of nitrogens with zero attached hydrogens (tertiary/aromatic N) is 2. The molecule has 1 aromatic heterocycles. The van der Waals surface area contributed by atoms with Crippen LogP contribution in [-0.2, 0) is 11.2 Å². The van der Waals surface area contributed by atoms with Crippen LogP contribution in [-0.4, -0.2) is 54.0 Å². The highest BCUT2D eigenvalue weighted by atomic mass is 32.1. The highest BCUT2D eigenvalue weighted by Gasteiger charge is 2.36. The molecule has 0 saturated carbocycles. The molecule has 7 heteroatoms. The maximum Gasteiger partial charge on any atom is 0.254 e. The third-order valence-corrected chi connectivity index (χ3v) is 8.03. The molecule has 0 fully saturated rings. The van der Waals surface area contributed by atoms with Gasteiger partial charge < -0.3 is 19.3 Å². The predicted molar refractivity (Wildman–Crippen MR) is 152 cm³/mol. The molecule has 202 valence electrons. The Kier molecular flexibility index (Phi) is 8.46. The van der Waals surface area contributed by atoms with Crippen molar-refractivity contribution in [3.8, 4) is 11.5 Å². The number of hydrogen-bond donors (Lipinski definition) is 0. The van der Waals surface area contributed by atoms with Crippen molar-refractivity contribution in [1.82, 2.24) is 9.80 Å². The van der Waals surface area contributed by atoms with Crippen LogP contribution in [0, 0.1) is 0 Å². The molecule has 3 aromatic rings. The van der Waals surface area contributed by atoms with Gasteiger partial charge in [0.2, 0.25) is 5.91 Å². The van der Waals surface area contributed by atoms with E-state index < -0.39 is 5.54 Å². The summed E-state index contributed by atoms with van der Waals surface area (Å²) in [4.78, 5) is 32.2. The highest BCUT2D eigenvalue weighted by molar-refractivity contribution is 7.10. The van der Waals surface area contributed by atoms with Gasteiger partial charge in [-0.15, -0.1) is 11.3 Å². The fraction of sp³-hybridized carbons (Fsp3) is 0.419. The van der Waals surface area contributed by atoms with Gasteiger partial charge in [-0.2, -0.15) is 0 Å². The number of hydrogen-bond acceptors (Lipinski definition) is 5. The minimum Gasteiger partial charge on any atom is -0.497 e. The average molecular weight is 535 g/mol. The van der Waals surface area contributed by atoms with Crippen LogP contribution in [0.1, 0.15) is 72.9 Å². The lowest BCUT2D eigenvalue weighted by atomic mass is 9.99. The van der Waals surface area contributed by atoms with E-state index in [1.807, 2.05) is 37.8 Å². The van der Waals surface area contributed by atoms with Gasteiger partial charge in [0.1, 0.15) is 24.7 Å². The van der Waals surface area contributed by atoms with Crippen molar-refractivity contribution in [3.63, 3.8) is 0 Å². The molecule has 0 unspecified atom stereocenters. The first-order valence-electron chi connectivity index (χ1n) is 13.1. The van der Waals surface area contributed by atoms with Crippen LogP contribution < -0.4 is 9.47 Å². The lowest BCUT2D eigenvalue weighted by molar-refractivity contribution is -0.136. The topological polar surface area (TPSA) is 59.1 Å². The molecule has 4 rings (SSSR count). The van der Waals surface area contributed by atoms with E-state index in [1.165, 1.54) is 10.4 Å². The van der Waals surface area contributed by atoms with E-state index in [1.54, 1.807) is 47.6 Å². The van der Waals surface area contributed by atoms with E-state index in [4.69, 9.17) is 9.47 Å². The normalized spacial score (nSPS) is 15.2. The fourth-order valence-electron chi connectivity index (χ4n) is 4.75. The zero-order valence-electron chi connectivity index (χ0n) is 23.2. The molecule has 0 saturated heterocycles. The number of ether oxygens (including phenoxy) is 2. The van der Waals surface area contributed by atoms with Gasteiger partial charge in [0.25, 0.3) is 5.91 Å². The predicted octanol–water partition coefficient (Wildman–Crippen LogP) is 6.33. The molecule has 38 heavy (non-hydrogen) atoms. The van der Waals surface area contributed by atoms with E-state index in [9.17, 15) is 9.59 Å². The van der Waals surface area contributed by atoms with Crippen LogP contribution in [0.5, 0.6) is 11.5 Å². The van der Waals surface area contributed by atoms with Gasteiger partial charge in [0, 0.05) is 22.5 Å². The van der Waals surface area contributed by atoms with Gasteiger partial charge in [0.15, 0.2) is 0 Å². The maximum absolute atomic E-state index is 13.8. The van der Waals surface area contributed by atoms with Crippen LogP contribution in [0.25, 0.3) is 0 Å².